The van der Waals surface area contributed by atoms with Crippen LogP contribution >= 0.6 is 31.9 Å². The third-order valence-corrected chi connectivity index (χ3v) is 6.66. The van der Waals surface area contributed by atoms with Crippen LogP contribution < -0.4 is 15.4 Å². The summed E-state index contributed by atoms with van der Waals surface area (Å²) in [6.45, 7) is 3.68. The maximum atomic E-state index is 12.6. The summed E-state index contributed by atoms with van der Waals surface area (Å²) >= 11 is 6.85. The number of esters is 1. The summed E-state index contributed by atoms with van der Waals surface area (Å²) in [6, 6.07) is 17.0. The van der Waals surface area contributed by atoms with Gasteiger partial charge in [0, 0.05) is 11.4 Å². The third kappa shape index (κ3) is 7.31. The van der Waals surface area contributed by atoms with Crippen molar-refractivity contribution in [1.29, 1.82) is 5.26 Å². The third-order valence-electron chi connectivity index (χ3n) is 5.49. The number of halogens is 2. The van der Waals surface area contributed by atoms with E-state index in [2.05, 4.69) is 47.2 Å². The van der Waals surface area contributed by atoms with Crippen molar-refractivity contribution in [3.63, 3.8) is 0 Å². The van der Waals surface area contributed by atoms with Gasteiger partial charge in [0.15, 0.2) is 6.61 Å². The van der Waals surface area contributed by atoms with Crippen LogP contribution in [0.4, 0.5) is 11.4 Å². The second kappa shape index (κ2) is 13.0. The lowest BCUT2D eigenvalue weighted by atomic mass is 10.1. The van der Waals surface area contributed by atoms with Crippen molar-refractivity contribution in [2.75, 3.05) is 24.4 Å². The number of benzene rings is 3. The van der Waals surface area contributed by atoms with Crippen LogP contribution in [-0.4, -0.2) is 31.5 Å². The molecule has 3 aromatic rings. The molecule has 0 bridgehead atoms. The van der Waals surface area contributed by atoms with E-state index in [1.807, 2.05) is 38.1 Å². The molecule has 8 nitrogen and oxygen atoms in total. The number of nitrogens with zero attached hydrogens (tertiary/aromatic N) is 1. The van der Waals surface area contributed by atoms with E-state index >= 15 is 0 Å². The van der Waals surface area contributed by atoms with Gasteiger partial charge in [0.05, 0.1) is 21.6 Å². The van der Waals surface area contributed by atoms with E-state index in [9.17, 15) is 19.6 Å². The number of aryl methyl sites for hydroxylation is 1. The summed E-state index contributed by atoms with van der Waals surface area (Å²) in [7, 11) is 1.28. The standard InChI is InChI=1S/C28H23Br2N3O5/c1-16-5-4-6-24(17(16)2)33-25(34)15-38-26-22(29)12-18(13-23(26)30)11-20(14-31)27(35)32-21-9-7-19(8-10-21)28(36)37-3/h4-13H,15H2,1-3H3,(H,32,35)(H,33,34)/b20-11-. The molecule has 2 N–H and O–H groups in total. The smallest absolute Gasteiger partial charge is 0.337 e. The Morgan fingerprint density at radius 3 is 2.26 bits per heavy atom. The number of amides is 2. The molecule has 0 aliphatic carbocycles. The van der Waals surface area contributed by atoms with Gasteiger partial charge in [0.1, 0.15) is 17.4 Å². The maximum absolute atomic E-state index is 12.6. The highest BCUT2D eigenvalue weighted by Crippen LogP contribution is 2.35. The second-order valence-corrected chi connectivity index (χ2v) is 9.80. The molecule has 0 saturated heterocycles. The lowest BCUT2D eigenvalue weighted by molar-refractivity contribution is -0.118. The number of carbonyl (C=O) groups is 3. The second-order valence-electron chi connectivity index (χ2n) is 8.09. The molecule has 3 rings (SSSR count). The van der Waals surface area contributed by atoms with E-state index < -0.39 is 11.9 Å². The van der Waals surface area contributed by atoms with Crippen LogP contribution in [0.25, 0.3) is 6.08 Å². The van der Waals surface area contributed by atoms with Gasteiger partial charge >= 0.3 is 5.97 Å². The molecule has 0 fully saturated rings. The molecule has 0 aliphatic rings. The molecule has 0 atom stereocenters. The van der Waals surface area contributed by atoms with Gasteiger partial charge in [-0.25, -0.2) is 4.79 Å². The zero-order valence-corrected chi connectivity index (χ0v) is 23.9. The highest BCUT2D eigenvalue weighted by Gasteiger charge is 2.15. The summed E-state index contributed by atoms with van der Waals surface area (Å²) in [5.41, 5.74) is 3.93. The number of carbonyl (C=O) groups excluding carboxylic acids is 3. The highest BCUT2D eigenvalue weighted by molar-refractivity contribution is 9.11. The van der Waals surface area contributed by atoms with E-state index in [1.165, 1.54) is 37.5 Å². The molecule has 0 heterocycles. The number of methoxy groups -OCH3 is 1. The zero-order valence-electron chi connectivity index (χ0n) is 20.7. The number of anilines is 2. The molecular weight excluding hydrogens is 618 g/mol. The Labute approximate surface area is 236 Å². The molecule has 194 valence electrons. The predicted molar refractivity (Wildman–Crippen MR) is 152 cm³/mol. The quantitative estimate of drug-likeness (QED) is 0.173. The molecule has 3 aromatic carbocycles. The van der Waals surface area contributed by atoms with Crippen LogP contribution in [0.3, 0.4) is 0 Å². The molecular formula is C28H23Br2N3O5. The normalized spacial score (nSPS) is 10.8. The molecule has 10 heteroatoms. The van der Waals surface area contributed by atoms with Crippen LogP contribution in [-0.2, 0) is 14.3 Å². The van der Waals surface area contributed by atoms with Gasteiger partial charge in [-0.2, -0.15) is 5.26 Å². The molecule has 0 spiro atoms. The number of nitrogens with one attached hydrogen (secondary N) is 2. The molecule has 38 heavy (non-hydrogen) atoms. The SMILES string of the molecule is COC(=O)c1ccc(NC(=O)/C(C#N)=C\c2cc(Br)c(OCC(=O)Nc3cccc(C)c3C)c(Br)c2)cc1. The molecule has 0 saturated carbocycles. The number of hydrogen-bond donors (Lipinski definition) is 2. The number of ether oxygens (including phenoxy) is 2. The Balaban J connectivity index is 1.68. The maximum Gasteiger partial charge on any atom is 0.337 e. The van der Waals surface area contributed by atoms with Crippen molar-refractivity contribution >= 4 is 67.1 Å². The minimum Gasteiger partial charge on any atom is -0.481 e. The van der Waals surface area contributed by atoms with Gasteiger partial charge in [-0.15, -0.1) is 0 Å². The molecule has 0 radical (unpaired) electrons. The van der Waals surface area contributed by atoms with Crippen molar-refractivity contribution in [2.45, 2.75) is 13.8 Å². The van der Waals surface area contributed by atoms with E-state index in [1.54, 1.807) is 12.1 Å². The van der Waals surface area contributed by atoms with Gasteiger partial charge in [0.25, 0.3) is 11.8 Å². The zero-order chi connectivity index (χ0) is 27.8. The minimum atomic E-state index is -0.617. The Hall–Kier alpha value is -3.94. The molecule has 0 aromatic heterocycles. The first-order valence-corrected chi connectivity index (χ1v) is 12.8. The van der Waals surface area contributed by atoms with Gasteiger partial charge in [-0.05, 0) is 111 Å². The van der Waals surface area contributed by atoms with Crippen LogP contribution in [0.15, 0.2) is 69.1 Å². The Kier molecular flexibility index (Phi) is 9.82. The first-order valence-electron chi connectivity index (χ1n) is 11.2. The predicted octanol–water partition coefficient (Wildman–Crippen LogP) is 6.18. The van der Waals surface area contributed by atoms with Crippen LogP contribution in [0.5, 0.6) is 5.75 Å². The first kappa shape index (κ1) is 28.6. The fourth-order valence-corrected chi connectivity index (χ4v) is 4.78. The van der Waals surface area contributed by atoms with Gasteiger partial charge in [-0.3, -0.25) is 9.59 Å². The highest BCUT2D eigenvalue weighted by atomic mass is 79.9. The van der Waals surface area contributed by atoms with E-state index in [0.717, 1.165) is 16.8 Å². The van der Waals surface area contributed by atoms with Gasteiger partial charge in [0.2, 0.25) is 0 Å². The lowest BCUT2D eigenvalue weighted by Gasteiger charge is -2.13. The Morgan fingerprint density at radius 1 is 1.00 bits per heavy atom. The van der Waals surface area contributed by atoms with Crippen molar-refractivity contribution in [3.05, 3.63) is 91.4 Å². The number of rotatable bonds is 8. The summed E-state index contributed by atoms with van der Waals surface area (Å²) in [5, 5.41) is 15.0. The number of hydrogen-bond acceptors (Lipinski definition) is 6. The largest absolute Gasteiger partial charge is 0.481 e. The first-order chi connectivity index (χ1) is 18.1. The fraction of sp³-hybridized carbons (Fsp3) is 0.143. The number of nitriles is 1. The van der Waals surface area contributed by atoms with Crippen molar-refractivity contribution in [1.82, 2.24) is 0 Å². The van der Waals surface area contributed by atoms with Crippen LogP contribution in [0.1, 0.15) is 27.0 Å². The van der Waals surface area contributed by atoms with Crippen molar-refractivity contribution in [3.8, 4) is 11.8 Å². The van der Waals surface area contributed by atoms with E-state index in [4.69, 9.17) is 4.74 Å². The van der Waals surface area contributed by atoms with Crippen molar-refractivity contribution in [2.24, 2.45) is 0 Å². The van der Waals surface area contributed by atoms with Crippen LogP contribution in [0.2, 0.25) is 0 Å². The Bertz CT molecular complexity index is 1440. The lowest BCUT2D eigenvalue weighted by Crippen LogP contribution is -2.21. The average molecular weight is 641 g/mol. The molecule has 0 aliphatic heterocycles. The van der Waals surface area contributed by atoms with E-state index in [-0.39, 0.29) is 18.1 Å². The average Bonchev–Trinajstić information content (AvgIpc) is 2.89. The van der Waals surface area contributed by atoms with Crippen LogP contribution in [0, 0.1) is 25.2 Å². The molecule has 2 amide bonds. The summed E-state index contributed by atoms with van der Waals surface area (Å²) < 4.78 is 11.4. The summed E-state index contributed by atoms with van der Waals surface area (Å²) in [4.78, 5) is 36.6. The van der Waals surface area contributed by atoms with Gasteiger partial charge < -0.3 is 20.1 Å². The van der Waals surface area contributed by atoms with Crippen molar-refractivity contribution < 1.29 is 23.9 Å². The summed E-state index contributed by atoms with van der Waals surface area (Å²) in [6.07, 6.45) is 1.42. The van der Waals surface area contributed by atoms with E-state index in [0.29, 0.717) is 31.5 Å². The molecule has 0 unspecified atom stereocenters. The van der Waals surface area contributed by atoms with Gasteiger partial charge in [-0.1, -0.05) is 12.1 Å². The fourth-order valence-electron chi connectivity index (χ4n) is 3.33. The minimum absolute atomic E-state index is 0.137. The monoisotopic (exact) mass is 639 g/mol. The topological polar surface area (TPSA) is 118 Å². The summed E-state index contributed by atoms with van der Waals surface area (Å²) in [5.74, 6) is -1.03. The Morgan fingerprint density at radius 2 is 1.66 bits per heavy atom.